The molecule has 1 unspecified atom stereocenters. The Labute approximate surface area is 197 Å². The van der Waals surface area contributed by atoms with Gasteiger partial charge in [0.25, 0.3) is 0 Å². The first-order chi connectivity index (χ1) is 15.7. The van der Waals surface area contributed by atoms with Crippen LogP contribution in [0.25, 0.3) is 0 Å². The summed E-state index contributed by atoms with van der Waals surface area (Å²) in [5.74, 6) is -2.17. The van der Waals surface area contributed by atoms with E-state index in [4.69, 9.17) is 9.84 Å². The number of rotatable bonds is 10. The van der Waals surface area contributed by atoms with E-state index in [0.717, 1.165) is 44.1 Å². The number of carbonyl (C=O) groups is 1. The molecule has 3 rings (SSSR count). The predicted octanol–water partition coefficient (Wildman–Crippen LogP) is 7.30. The molecule has 0 spiro atoms. The molecule has 2 aromatic rings. The maximum absolute atomic E-state index is 15.0. The van der Waals surface area contributed by atoms with Crippen LogP contribution in [0.1, 0.15) is 75.8 Å². The molecule has 2 aromatic carbocycles. The molecule has 33 heavy (non-hydrogen) atoms. The van der Waals surface area contributed by atoms with Gasteiger partial charge in [-0.15, -0.1) is 0 Å². The molecule has 1 aliphatic heterocycles. The molecule has 0 fully saturated rings. The first kappa shape index (κ1) is 25.5. The van der Waals surface area contributed by atoms with Crippen LogP contribution in [0.3, 0.4) is 0 Å². The van der Waals surface area contributed by atoms with Crippen molar-refractivity contribution in [3.63, 3.8) is 0 Å². The number of hydrogen-bond donors (Lipinski definition) is 3. The summed E-state index contributed by atoms with van der Waals surface area (Å²) in [4.78, 5) is 11.2. The van der Waals surface area contributed by atoms with Crippen LogP contribution in [0.5, 0.6) is 5.75 Å². The van der Waals surface area contributed by atoms with Crippen LogP contribution in [-0.2, 0) is 4.79 Å². The fourth-order valence-corrected chi connectivity index (χ4v) is 7.31. The Balaban J connectivity index is 2.17. The highest BCUT2D eigenvalue weighted by Crippen LogP contribution is 2.63. The Hall–Kier alpha value is -2.09. The van der Waals surface area contributed by atoms with Gasteiger partial charge in [0.2, 0.25) is 0 Å². The molecule has 1 aliphatic rings. The van der Waals surface area contributed by atoms with Crippen molar-refractivity contribution in [2.24, 2.45) is 5.41 Å². The number of unbranched alkanes of at least 4 members (excludes halogenated alkanes) is 2. The smallest absolute Gasteiger partial charge is 0.341 e. The van der Waals surface area contributed by atoms with Gasteiger partial charge in [-0.1, -0.05) is 69.9 Å². The molecule has 0 saturated carbocycles. The van der Waals surface area contributed by atoms with Crippen LogP contribution >= 0.6 is 10.6 Å². The molecule has 1 atom stereocenters. The second-order valence-corrected chi connectivity index (χ2v) is 11.3. The number of carboxylic acid groups (broad SMARTS) is 1. The van der Waals surface area contributed by atoms with E-state index in [1.807, 2.05) is 30.3 Å². The largest absolute Gasteiger partial charge is 0.479 e. The molecule has 7 heteroatoms. The molecule has 5 nitrogen and oxygen atoms in total. The van der Waals surface area contributed by atoms with Crippen LogP contribution in [-0.4, -0.2) is 32.5 Å². The van der Waals surface area contributed by atoms with Gasteiger partial charge in [-0.05, 0) is 41.9 Å². The van der Waals surface area contributed by atoms with Crippen molar-refractivity contribution >= 4 is 16.6 Å². The van der Waals surface area contributed by atoms with E-state index < -0.39 is 29.0 Å². The SMILES string of the molecule is CCCCC1(CCCC)CC(c2ccccc2)c2cc(F)c(OCC(=O)O)cc2S(O)(O)C1. The summed E-state index contributed by atoms with van der Waals surface area (Å²) >= 11 is 0. The molecule has 182 valence electrons. The maximum atomic E-state index is 15.0. The summed E-state index contributed by atoms with van der Waals surface area (Å²) in [6.45, 7) is 3.56. The zero-order chi connectivity index (χ0) is 24.1. The molecular weight excluding hydrogens is 443 g/mol. The Morgan fingerprint density at radius 2 is 1.76 bits per heavy atom. The Morgan fingerprint density at radius 3 is 2.33 bits per heavy atom. The van der Waals surface area contributed by atoms with Crippen molar-refractivity contribution in [1.82, 2.24) is 0 Å². The average molecular weight is 479 g/mol. The van der Waals surface area contributed by atoms with E-state index in [9.17, 15) is 13.9 Å². The van der Waals surface area contributed by atoms with E-state index >= 15 is 4.39 Å². The van der Waals surface area contributed by atoms with Crippen LogP contribution in [0, 0.1) is 11.2 Å². The second kappa shape index (κ2) is 10.9. The van der Waals surface area contributed by atoms with Crippen molar-refractivity contribution in [2.75, 3.05) is 12.4 Å². The number of benzene rings is 2. The van der Waals surface area contributed by atoms with Gasteiger partial charge >= 0.3 is 5.97 Å². The van der Waals surface area contributed by atoms with Gasteiger partial charge in [0, 0.05) is 17.7 Å². The molecule has 0 saturated heterocycles. The molecular formula is C26H35FO5S. The summed E-state index contributed by atoms with van der Waals surface area (Å²) in [5, 5.41) is 8.93. The van der Waals surface area contributed by atoms with Crippen LogP contribution < -0.4 is 4.74 Å². The molecule has 0 bridgehead atoms. The predicted molar refractivity (Wildman–Crippen MR) is 130 cm³/mol. The molecule has 0 aliphatic carbocycles. The summed E-state index contributed by atoms with van der Waals surface area (Å²) in [5.41, 5.74) is 1.27. The minimum absolute atomic E-state index is 0.202. The lowest BCUT2D eigenvalue weighted by molar-refractivity contribution is -0.139. The van der Waals surface area contributed by atoms with Crippen molar-refractivity contribution < 1.29 is 28.1 Å². The highest BCUT2D eigenvalue weighted by Gasteiger charge is 2.43. The van der Waals surface area contributed by atoms with Gasteiger partial charge in [0.05, 0.1) is 4.90 Å². The molecule has 0 amide bonds. The molecule has 0 aromatic heterocycles. The van der Waals surface area contributed by atoms with Crippen molar-refractivity contribution in [3.8, 4) is 5.75 Å². The number of hydrogen-bond acceptors (Lipinski definition) is 4. The summed E-state index contributed by atoms with van der Waals surface area (Å²) in [6.07, 6.45) is 6.45. The third-order valence-corrected chi connectivity index (χ3v) is 8.68. The zero-order valence-electron chi connectivity index (χ0n) is 19.4. The standard InChI is InChI=1S/C26H35FO5S/c1-3-5-12-26(13-6-4-2)16-21(19-10-8-7-9-11-19)20-14-22(27)23(32-17-25(28)29)15-24(20)33(30,31)18-26/h7-11,14-15,21,30-31H,3-6,12-13,16-18H2,1-2H3,(H,28,29). The van der Waals surface area contributed by atoms with Gasteiger partial charge < -0.3 is 9.84 Å². The minimum atomic E-state index is -3.26. The highest BCUT2D eigenvalue weighted by atomic mass is 32.3. The fourth-order valence-electron chi connectivity index (χ4n) is 5.02. The first-order valence-corrected chi connectivity index (χ1v) is 13.4. The number of ether oxygens (including phenoxy) is 1. The van der Waals surface area contributed by atoms with Crippen LogP contribution in [0.4, 0.5) is 4.39 Å². The topological polar surface area (TPSA) is 87.0 Å². The van der Waals surface area contributed by atoms with Crippen molar-refractivity contribution in [2.45, 2.75) is 69.6 Å². The summed E-state index contributed by atoms with van der Waals surface area (Å²) < 4.78 is 43.1. The Bertz CT molecular complexity index is 939. The Morgan fingerprint density at radius 1 is 1.12 bits per heavy atom. The lowest BCUT2D eigenvalue weighted by atomic mass is 9.70. The average Bonchev–Trinajstić information content (AvgIpc) is 2.87. The number of aliphatic carboxylic acids is 1. The number of fused-ring (bicyclic) bond motifs is 1. The monoisotopic (exact) mass is 478 g/mol. The summed E-state index contributed by atoms with van der Waals surface area (Å²) in [7, 11) is -3.26. The second-order valence-electron chi connectivity index (χ2n) is 9.19. The van der Waals surface area contributed by atoms with Gasteiger partial charge in [-0.3, -0.25) is 9.11 Å². The van der Waals surface area contributed by atoms with Gasteiger partial charge in [-0.2, -0.15) is 10.6 Å². The van der Waals surface area contributed by atoms with Crippen molar-refractivity contribution in [1.29, 1.82) is 0 Å². The first-order valence-electron chi connectivity index (χ1n) is 11.7. The van der Waals surface area contributed by atoms with Gasteiger partial charge in [0.1, 0.15) is 0 Å². The molecule has 3 N–H and O–H groups in total. The van der Waals surface area contributed by atoms with E-state index in [0.29, 0.717) is 12.0 Å². The van der Waals surface area contributed by atoms with Gasteiger partial charge in [-0.25, -0.2) is 9.18 Å². The van der Waals surface area contributed by atoms with Crippen LogP contribution in [0.2, 0.25) is 0 Å². The normalized spacial score (nSPS) is 19.8. The van der Waals surface area contributed by atoms with E-state index in [1.54, 1.807) is 0 Å². The molecule has 1 heterocycles. The minimum Gasteiger partial charge on any atom is -0.479 e. The number of carboxylic acids is 1. The van der Waals surface area contributed by atoms with E-state index in [2.05, 4.69) is 13.8 Å². The van der Waals surface area contributed by atoms with Gasteiger partial charge in [0.15, 0.2) is 18.2 Å². The Kier molecular flexibility index (Phi) is 8.43. The lowest BCUT2D eigenvalue weighted by Gasteiger charge is -2.42. The molecule has 0 radical (unpaired) electrons. The quantitative estimate of drug-likeness (QED) is 0.333. The summed E-state index contributed by atoms with van der Waals surface area (Å²) in [6, 6.07) is 12.4. The number of halogens is 1. The highest BCUT2D eigenvalue weighted by molar-refractivity contribution is 8.24. The van der Waals surface area contributed by atoms with E-state index in [-0.39, 0.29) is 27.7 Å². The third-order valence-electron chi connectivity index (χ3n) is 6.61. The lowest BCUT2D eigenvalue weighted by Crippen LogP contribution is -2.29. The maximum Gasteiger partial charge on any atom is 0.341 e. The van der Waals surface area contributed by atoms with Crippen molar-refractivity contribution in [3.05, 3.63) is 59.4 Å². The fraction of sp³-hybridized carbons (Fsp3) is 0.500. The van der Waals surface area contributed by atoms with Crippen LogP contribution in [0.15, 0.2) is 47.4 Å². The third kappa shape index (κ3) is 6.08. The van der Waals surface area contributed by atoms with E-state index in [1.165, 1.54) is 12.1 Å². The zero-order valence-corrected chi connectivity index (χ0v) is 20.2.